The highest BCUT2D eigenvalue weighted by molar-refractivity contribution is 6.14. The first-order valence-electron chi connectivity index (χ1n) is 17.4. The van der Waals surface area contributed by atoms with Gasteiger partial charge in [-0.05, 0) is 65.7 Å². The van der Waals surface area contributed by atoms with Crippen molar-refractivity contribution in [1.82, 2.24) is 4.57 Å². The van der Waals surface area contributed by atoms with E-state index in [-0.39, 0.29) is 0 Å². The maximum Gasteiger partial charge on any atom is 0.137 e. The normalized spacial score (nSPS) is 11.5. The lowest BCUT2D eigenvalue weighted by atomic mass is 9.98. The number of furan rings is 1. The summed E-state index contributed by atoms with van der Waals surface area (Å²) in [6, 6.07) is 69.1. The molecule has 0 bridgehead atoms. The van der Waals surface area contributed by atoms with Crippen molar-refractivity contribution in [3.05, 3.63) is 194 Å². The summed E-state index contributed by atoms with van der Waals surface area (Å²) in [7, 11) is 0. The summed E-state index contributed by atoms with van der Waals surface area (Å²) in [5.74, 6) is 0. The van der Waals surface area contributed by atoms with Crippen LogP contribution < -0.4 is 4.90 Å². The Kier molecular flexibility index (Phi) is 6.81. The Bertz CT molecular complexity index is 2810. The minimum atomic E-state index is 0.864. The molecule has 51 heavy (non-hydrogen) atoms. The first-order chi connectivity index (χ1) is 25.3. The second-order valence-corrected chi connectivity index (χ2v) is 12.9. The number of benzene rings is 8. The zero-order valence-electron chi connectivity index (χ0n) is 27.8. The molecule has 0 aliphatic rings. The van der Waals surface area contributed by atoms with Crippen molar-refractivity contribution in [2.45, 2.75) is 0 Å². The number of hydrogen-bond acceptors (Lipinski definition) is 2. The monoisotopic (exact) mass is 652 g/mol. The van der Waals surface area contributed by atoms with Crippen LogP contribution in [0.15, 0.2) is 199 Å². The minimum absolute atomic E-state index is 0.864. The molecule has 0 spiro atoms. The molecule has 0 aliphatic carbocycles. The van der Waals surface area contributed by atoms with E-state index in [1.807, 2.05) is 12.1 Å². The predicted molar refractivity (Wildman–Crippen MR) is 214 cm³/mol. The smallest absolute Gasteiger partial charge is 0.137 e. The number of anilines is 3. The maximum absolute atomic E-state index is 6.43. The van der Waals surface area contributed by atoms with Gasteiger partial charge >= 0.3 is 0 Å². The quantitative estimate of drug-likeness (QED) is 0.178. The maximum atomic E-state index is 6.43. The Morgan fingerprint density at radius 3 is 1.69 bits per heavy atom. The first-order valence-corrected chi connectivity index (χ1v) is 17.4. The molecule has 2 aromatic heterocycles. The van der Waals surface area contributed by atoms with E-state index >= 15 is 0 Å². The molecule has 0 N–H and O–H groups in total. The van der Waals surface area contributed by atoms with E-state index in [0.717, 1.165) is 55.8 Å². The van der Waals surface area contributed by atoms with Gasteiger partial charge in [-0.25, -0.2) is 0 Å². The molecule has 2 heterocycles. The van der Waals surface area contributed by atoms with Crippen LogP contribution in [0.25, 0.3) is 71.7 Å². The van der Waals surface area contributed by atoms with Gasteiger partial charge in [0.15, 0.2) is 0 Å². The lowest BCUT2D eigenvalue weighted by molar-refractivity contribution is 0.669. The number of rotatable bonds is 6. The second kappa shape index (κ2) is 11.9. The average Bonchev–Trinajstić information content (AvgIpc) is 3.75. The highest BCUT2D eigenvalue weighted by Gasteiger charge is 2.23. The van der Waals surface area contributed by atoms with E-state index < -0.39 is 0 Å². The van der Waals surface area contributed by atoms with Crippen LogP contribution in [-0.4, -0.2) is 4.57 Å². The molecule has 0 amide bonds. The molecule has 10 rings (SSSR count). The SMILES string of the molecule is c1ccc(-c2ccc(N(c3ccccc3-c3ccccc3-n3c4ccccc4c4ccccc43)c3cccc4oc5ccccc5c34)cc2)cc1. The fourth-order valence-electron chi connectivity index (χ4n) is 7.76. The molecule has 0 saturated heterocycles. The van der Waals surface area contributed by atoms with Crippen LogP contribution in [0, 0.1) is 0 Å². The van der Waals surface area contributed by atoms with E-state index in [9.17, 15) is 0 Å². The van der Waals surface area contributed by atoms with E-state index in [4.69, 9.17) is 4.42 Å². The third-order valence-corrected chi connectivity index (χ3v) is 10.0. The number of hydrogen-bond donors (Lipinski definition) is 0. The molecule has 0 fully saturated rings. The molecule has 0 aliphatic heterocycles. The van der Waals surface area contributed by atoms with Crippen LogP contribution in [0.4, 0.5) is 17.1 Å². The van der Waals surface area contributed by atoms with Gasteiger partial charge in [0.1, 0.15) is 11.2 Å². The fourth-order valence-corrected chi connectivity index (χ4v) is 7.76. The van der Waals surface area contributed by atoms with E-state index in [1.165, 1.54) is 32.9 Å². The van der Waals surface area contributed by atoms with Crippen LogP contribution >= 0.6 is 0 Å². The third-order valence-electron chi connectivity index (χ3n) is 10.0. The summed E-state index contributed by atoms with van der Waals surface area (Å²) in [6.07, 6.45) is 0. The molecule has 240 valence electrons. The number of aromatic nitrogens is 1. The Morgan fingerprint density at radius 1 is 0.373 bits per heavy atom. The molecule has 3 heteroatoms. The van der Waals surface area contributed by atoms with Crippen molar-refractivity contribution < 1.29 is 4.42 Å². The highest BCUT2D eigenvalue weighted by Crippen LogP contribution is 2.47. The summed E-state index contributed by atoms with van der Waals surface area (Å²) in [6.45, 7) is 0. The first kappa shape index (κ1) is 29.1. The molecule has 0 saturated carbocycles. The topological polar surface area (TPSA) is 21.3 Å². The van der Waals surface area contributed by atoms with Crippen molar-refractivity contribution in [2.24, 2.45) is 0 Å². The molecular formula is C48H32N2O. The lowest BCUT2D eigenvalue weighted by Gasteiger charge is -2.29. The van der Waals surface area contributed by atoms with Crippen molar-refractivity contribution >= 4 is 60.8 Å². The van der Waals surface area contributed by atoms with Crippen LogP contribution in [0.3, 0.4) is 0 Å². The fraction of sp³-hybridized carbons (Fsp3) is 0. The van der Waals surface area contributed by atoms with Crippen molar-refractivity contribution in [2.75, 3.05) is 4.90 Å². The third kappa shape index (κ3) is 4.74. The lowest BCUT2D eigenvalue weighted by Crippen LogP contribution is -2.12. The zero-order valence-corrected chi connectivity index (χ0v) is 27.8. The molecular weight excluding hydrogens is 621 g/mol. The highest BCUT2D eigenvalue weighted by atomic mass is 16.3. The molecule has 0 radical (unpaired) electrons. The van der Waals surface area contributed by atoms with Gasteiger partial charge in [-0.15, -0.1) is 0 Å². The average molecular weight is 653 g/mol. The van der Waals surface area contributed by atoms with Gasteiger partial charge in [-0.1, -0.05) is 140 Å². The number of para-hydroxylation sites is 5. The molecule has 10 aromatic rings. The summed E-state index contributed by atoms with van der Waals surface area (Å²) < 4.78 is 8.84. The van der Waals surface area contributed by atoms with Gasteiger partial charge in [0.05, 0.1) is 33.5 Å². The van der Waals surface area contributed by atoms with Gasteiger partial charge in [0.2, 0.25) is 0 Å². The predicted octanol–water partition coefficient (Wildman–Crippen LogP) is 13.5. The number of nitrogens with zero attached hydrogens (tertiary/aromatic N) is 2. The van der Waals surface area contributed by atoms with Crippen LogP contribution in [0.2, 0.25) is 0 Å². The second-order valence-electron chi connectivity index (χ2n) is 12.9. The van der Waals surface area contributed by atoms with Crippen LogP contribution in [0.1, 0.15) is 0 Å². The largest absolute Gasteiger partial charge is 0.456 e. The molecule has 8 aromatic carbocycles. The standard InChI is InChI=1S/C48H32N2O/c1-2-15-33(16-3-1)34-29-31-35(32-30-34)49(45-26-14-28-47-48(45)40-21-8-13-27-46(40)51-47)41-22-9-4-17-36(41)37-18-5-10-23-42(37)50-43-24-11-6-19-38(43)39-20-7-12-25-44(39)50/h1-32H. The molecule has 3 nitrogen and oxygen atoms in total. The van der Waals surface area contributed by atoms with Crippen LogP contribution in [0.5, 0.6) is 0 Å². The molecule has 0 unspecified atom stereocenters. The van der Waals surface area contributed by atoms with E-state index in [0.29, 0.717) is 0 Å². The zero-order chi connectivity index (χ0) is 33.7. The van der Waals surface area contributed by atoms with Gasteiger partial charge in [-0.2, -0.15) is 0 Å². The van der Waals surface area contributed by atoms with Crippen molar-refractivity contribution in [3.8, 4) is 27.9 Å². The van der Waals surface area contributed by atoms with Gasteiger partial charge in [0, 0.05) is 33.0 Å². The Morgan fingerprint density at radius 2 is 0.922 bits per heavy atom. The van der Waals surface area contributed by atoms with Crippen molar-refractivity contribution in [3.63, 3.8) is 0 Å². The van der Waals surface area contributed by atoms with Gasteiger partial charge in [0.25, 0.3) is 0 Å². The van der Waals surface area contributed by atoms with Gasteiger partial charge < -0.3 is 13.9 Å². The Labute approximate surface area is 295 Å². The molecule has 0 atom stereocenters. The summed E-state index contributed by atoms with van der Waals surface area (Å²) in [4.78, 5) is 2.40. The summed E-state index contributed by atoms with van der Waals surface area (Å²) in [5, 5.41) is 4.67. The minimum Gasteiger partial charge on any atom is -0.456 e. The Balaban J connectivity index is 1.24. The number of fused-ring (bicyclic) bond motifs is 6. The van der Waals surface area contributed by atoms with Gasteiger partial charge in [-0.3, -0.25) is 0 Å². The van der Waals surface area contributed by atoms with E-state index in [2.05, 4.69) is 191 Å². The Hall–Kier alpha value is -6.84. The van der Waals surface area contributed by atoms with E-state index in [1.54, 1.807) is 0 Å². The summed E-state index contributed by atoms with van der Waals surface area (Å²) >= 11 is 0. The summed E-state index contributed by atoms with van der Waals surface area (Å²) in [5.41, 5.74) is 13.1. The van der Waals surface area contributed by atoms with Crippen LogP contribution in [-0.2, 0) is 0 Å². The van der Waals surface area contributed by atoms with Crippen molar-refractivity contribution in [1.29, 1.82) is 0 Å².